The highest BCUT2D eigenvalue weighted by molar-refractivity contribution is 7.71. The Morgan fingerprint density at radius 1 is 1.14 bits per heavy atom. The summed E-state index contributed by atoms with van der Waals surface area (Å²) >= 11 is 5.84. The van der Waals surface area contributed by atoms with Gasteiger partial charge in [-0.2, -0.15) is 0 Å². The number of piperidine rings is 1. The minimum Gasteiger partial charge on any atom is -0.461 e. The van der Waals surface area contributed by atoms with Crippen LogP contribution in [0.15, 0.2) is 71.3 Å². The number of likely N-dealkylation sites (tertiary alicyclic amines) is 1. The summed E-state index contributed by atoms with van der Waals surface area (Å²) in [4.78, 5) is 19.6. The quantitative estimate of drug-likeness (QED) is 0.379. The number of pyridine rings is 1. The Kier molecular flexibility index (Phi) is 6.87. The van der Waals surface area contributed by atoms with Crippen molar-refractivity contribution in [3.8, 4) is 11.6 Å². The lowest BCUT2D eigenvalue weighted by Crippen LogP contribution is -2.41. The van der Waals surface area contributed by atoms with Crippen LogP contribution in [0.4, 0.5) is 5.82 Å². The van der Waals surface area contributed by atoms with Crippen molar-refractivity contribution < 1.29 is 9.21 Å². The lowest BCUT2D eigenvalue weighted by Gasteiger charge is -2.31. The number of aryl methyl sites for hydroxylation is 1. The van der Waals surface area contributed by atoms with Crippen LogP contribution in [0, 0.1) is 17.6 Å². The molecular formula is C26H28N6O2S. The SMILES string of the molecule is Cc1cccc(NC(=O)C2CCCN(Cn3nc(-c4ccco4)n(Cc4ccccc4)c3=S)C2)n1. The monoisotopic (exact) mass is 488 g/mol. The lowest BCUT2D eigenvalue weighted by molar-refractivity contribution is -0.121. The minimum atomic E-state index is -0.115. The van der Waals surface area contributed by atoms with E-state index in [9.17, 15) is 4.79 Å². The third-order valence-corrected chi connectivity index (χ3v) is 6.63. The number of nitrogens with one attached hydrogen (secondary N) is 1. The van der Waals surface area contributed by atoms with E-state index in [0.29, 0.717) is 41.9 Å². The van der Waals surface area contributed by atoms with Gasteiger partial charge in [0.25, 0.3) is 0 Å². The second kappa shape index (κ2) is 10.4. The van der Waals surface area contributed by atoms with Crippen LogP contribution in [0.2, 0.25) is 0 Å². The maximum atomic E-state index is 12.9. The molecule has 5 rings (SSSR count). The number of amides is 1. The molecule has 4 heterocycles. The van der Waals surface area contributed by atoms with Crippen molar-refractivity contribution >= 4 is 23.9 Å². The van der Waals surface area contributed by atoms with Crippen LogP contribution in [0.1, 0.15) is 24.1 Å². The number of carbonyl (C=O) groups excluding carboxylic acids is 1. The number of carbonyl (C=O) groups is 1. The Labute approximate surface area is 209 Å². The van der Waals surface area contributed by atoms with E-state index in [1.807, 2.05) is 64.7 Å². The van der Waals surface area contributed by atoms with Crippen LogP contribution in [0.25, 0.3) is 11.6 Å². The molecule has 0 spiro atoms. The molecule has 4 aromatic rings. The van der Waals surface area contributed by atoms with E-state index in [-0.39, 0.29) is 11.8 Å². The van der Waals surface area contributed by atoms with Crippen LogP contribution in [-0.2, 0) is 18.0 Å². The van der Waals surface area contributed by atoms with Crippen molar-refractivity contribution in [3.05, 3.63) is 83.0 Å². The molecule has 1 saturated heterocycles. The zero-order valence-electron chi connectivity index (χ0n) is 19.6. The Bertz CT molecular complexity index is 1350. The molecule has 0 bridgehead atoms. The number of hydrogen-bond donors (Lipinski definition) is 1. The van der Waals surface area contributed by atoms with Crippen molar-refractivity contribution in [2.24, 2.45) is 5.92 Å². The number of furan rings is 1. The lowest BCUT2D eigenvalue weighted by atomic mass is 9.97. The van der Waals surface area contributed by atoms with Gasteiger partial charge in [0.2, 0.25) is 5.91 Å². The first-order chi connectivity index (χ1) is 17.1. The van der Waals surface area contributed by atoms with Crippen LogP contribution in [0.3, 0.4) is 0 Å². The first-order valence-corrected chi connectivity index (χ1v) is 12.2. The molecule has 8 nitrogen and oxygen atoms in total. The topological polar surface area (TPSA) is 81.1 Å². The van der Waals surface area contributed by atoms with Gasteiger partial charge in [-0.1, -0.05) is 36.4 Å². The highest BCUT2D eigenvalue weighted by atomic mass is 32.1. The summed E-state index contributed by atoms with van der Waals surface area (Å²) in [5.74, 6) is 1.85. The summed E-state index contributed by atoms with van der Waals surface area (Å²) in [6.45, 7) is 4.55. The summed E-state index contributed by atoms with van der Waals surface area (Å²) in [6.07, 6.45) is 3.42. The molecule has 1 aliphatic rings. The normalized spacial score (nSPS) is 16.3. The first kappa shape index (κ1) is 23.2. The number of anilines is 1. The van der Waals surface area contributed by atoms with Gasteiger partial charge in [-0.3, -0.25) is 14.3 Å². The van der Waals surface area contributed by atoms with Gasteiger partial charge < -0.3 is 9.73 Å². The van der Waals surface area contributed by atoms with Gasteiger partial charge in [0, 0.05) is 12.2 Å². The van der Waals surface area contributed by atoms with Crippen LogP contribution in [-0.4, -0.2) is 43.2 Å². The molecule has 180 valence electrons. The largest absolute Gasteiger partial charge is 0.461 e. The van der Waals surface area contributed by atoms with Gasteiger partial charge in [-0.15, -0.1) is 5.10 Å². The molecule has 1 aliphatic heterocycles. The van der Waals surface area contributed by atoms with Gasteiger partial charge in [0.1, 0.15) is 5.82 Å². The van der Waals surface area contributed by atoms with E-state index < -0.39 is 0 Å². The second-order valence-corrected chi connectivity index (χ2v) is 9.23. The molecule has 0 saturated carbocycles. The van der Waals surface area contributed by atoms with E-state index in [1.165, 1.54) is 0 Å². The van der Waals surface area contributed by atoms with Crippen molar-refractivity contribution in [1.29, 1.82) is 0 Å². The highest BCUT2D eigenvalue weighted by Gasteiger charge is 2.27. The Balaban J connectivity index is 1.33. The number of aromatic nitrogens is 4. The summed E-state index contributed by atoms with van der Waals surface area (Å²) in [7, 11) is 0. The molecule has 1 N–H and O–H groups in total. The maximum Gasteiger partial charge on any atom is 0.229 e. The van der Waals surface area contributed by atoms with E-state index in [0.717, 1.165) is 30.6 Å². The van der Waals surface area contributed by atoms with Gasteiger partial charge in [-0.05, 0) is 68.4 Å². The predicted molar refractivity (Wildman–Crippen MR) is 136 cm³/mol. The Morgan fingerprint density at radius 3 is 2.77 bits per heavy atom. The van der Waals surface area contributed by atoms with Gasteiger partial charge in [-0.25, -0.2) is 9.67 Å². The number of benzene rings is 1. The van der Waals surface area contributed by atoms with Gasteiger partial charge in [0.05, 0.1) is 25.4 Å². The molecule has 0 radical (unpaired) electrons. The smallest absolute Gasteiger partial charge is 0.229 e. The molecule has 1 amide bonds. The molecule has 9 heteroatoms. The molecular weight excluding hydrogens is 460 g/mol. The molecule has 3 aromatic heterocycles. The number of rotatable bonds is 7. The van der Waals surface area contributed by atoms with Crippen molar-refractivity contribution in [3.63, 3.8) is 0 Å². The minimum absolute atomic E-state index is 0.00211. The van der Waals surface area contributed by atoms with E-state index in [2.05, 4.69) is 27.3 Å². The van der Waals surface area contributed by atoms with Gasteiger partial charge in [0.15, 0.2) is 16.4 Å². The molecule has 0 aliphatic carbocycles. The highest BCUT2D eigenvalue weighted by Crippen LogP contribution is 2.23. The molecule has 35 heavy (non-hydrogen) atoms. The third kappa shape index (κ3) is 5.41. The fraction of sp³-hybridized carbons (Fsp3) is 0.308. The Hall–Kier alpha value is -3.56. The molecule has 1 fully saturated rings. The zero-order chi connectivity index (χ0) is 24.2. The summed E-state index contributed by atoms with van der Waals surface area (Å²) in [5, 5.41) is 7.79. The van der Waals surface area contributed by atoms with Crippen molar-refractivity contribution in [2.75, 3.05) is 18.4 Å². The average Bonchev–Trinajstić information content (AvgIpc) is 3.50. The summed E-state index contributed by atoms with van der Waals surface area (Å²) < 4.78 is 10.1. The fourth-order valence-corrected chi connectivity index (χ4v) is 4.71. The zero-order valence-corrected chi connectivity index (χ0v) is 20.4. The molecule has 1 unspecified atom stereocenters. The first-order valence-electron chi connectivity index (χ1n) is 11.8. The third-order valence-electron chi connectivity index (χ3n) is 6.20. The van der Waals surface area contributed by atoms with Crippen LogP contribution < -0.4 is 5.32 Å². The Morgan fingerprint density at radius 2 is 2.00 bits per heavy atom. The summed E-state index contributed by atoms with van der Waals surface area (Å²) in [6, 6.07) is 19.5. The van der Waals surface area contributed by atoms with E-state index >= 15 is 0 Å². The molecule has 1 aromatic carbocycles. The predicted octanol–water partition coefficient (Wildman–Crippen LogP) is 4.73. The number of nitrogens with zero attached hydrogens (tertiary/aromatic N) is 5. The van der Waals surface area contributed by atoms with Gasteiger partial charge >= 0.3 is 0 Å². The van der Waals surface area contributed by atoms with Crippen LogP contribution >= 0.6 is 12.2 Å². The average molecular weight is 489 g/mol. The maximum absolute atomic E-state index is 12.9. The number of hydrogen-bond acceptors (Lipinski definition) is 6. The van der Waals surface area contributed by atoms with E-state index in [4.69, 9.17) is 21.7 Å². The van der Waals surface area contributed by atoms with E-state index in [1.54, 1.807) is 6.26 Å². The second-order valence-electron chi connectivity index (χ2n) is 8.87. The fourth-order valence-electron chi connectivity index (χ4n) is 4.46. The summed E-state index contributed by atoms with van der Waals surface area (Å²) in [5.41, 5.74) is 2.01. The van der Waals surface area contributed by atoms with Crippen molar-refractivity contribution in [1.82, 2.24) is 24.2 Å². The van der Waals surface area contributed by atoms with Crippen LogP contribution in [0.5, 0.6) is 0 Å². The molecule has 1 atom stereocenters. The van der Waals surface area contributed by atoms with Crippen molar-refractivity contribution in [2.45, 2.75) is 33.0 Å². The standard InChI is InChI=1S/C26H28N6O2S/c1-19-8-5-13-23(27-19)28-25(33)21-11-6-14-30(17-21)18-32-26(35)31(16-20-9-3-2-4-10-20)24(29-32)22-12-7-15-34-22/h2-5,7-10,12-13,15,21H,6,11,14,16-18H2,1H3,(H,27,28,33).